The highest BCUT2D eigenvalue weighted by atomic mass is 16.3. The van der Waals surface area contributed by atoms with Gasteiger partial charge in [-0.15, -0.1) is 0 Å². The maximum absolute atomic E-state index is 10.4. The summed E-state index contributed by atoms with van der Waals surface area (Å²) in [4.78, 5) is 8.55. The molecule has 1 atom stereocenters. The summed E-state index contributed by atoms with van der Waals surface area (Å²) in [7, 11) is 0. The molecule has 1 aliphatic rings. The Morgan fingerprint density at radius 2 is 1.93 bits per heavy atom. The Kier molecular flexibility index (Phi) is 5.63. The van der Waals surface area contributed by atoms with Crippen molar-refractivity contribution in [2.24, 2.45) is 5.92 Å². The maximum Gasteiger partial charge on any atom is 0.160 e. The van der Waals surface area contributed by atoms with E-state index in [0.29, 0.717) is 12.0 Å². The molecule has 0 bridgehead atoms. The first-order chi connectivity index (χ1) is 13.3. The molecule has 3 aromatic rings. The molecule has 0 aliphatic heterocycles. The van der Waals surface area contributed by atoms with Gasteiger partial charge in [-0.1, -0.05) is 30.3 Å². The van der Waals surface area contributed by atoms with Crippen LogP contribution in [0.1, 0.15) is 44.1 Å². The van der Waals surface area contributed by atoms with E-state index in [1.165, 1.54) is 5.56 Å². The molecule has 0 radical (unpaired) electrons. The summed E-state index contributed by atoms with van der Waals surface area (Å²) >= 11 is 0. The number of nitrogens with one attached hydrogen (secondary N) is 2. The smallest absolute Gasteiger partial charge is 0.160 e. The Hall–Kier alpha value is -2.47. The summed E-state index contributed by atoms with van der Waals surface area (Å²) in [6.45, 7) is 0. The predicted octanol–water partition coefficient (Wildman–Crippen LogP) is 3.71. The van der Waals surface area contributed by atoms with Crippen molar-refractivity contribution in [3.8, 4) is 0 Å². The summed E-state index contributed by atoms with van der Waals surface area (Å²) in [5.41, 5.74) is 2.07. The second-order valence-electron chi connectivity index (χ2n) is 7.63. The number of benzene rings is 1. The van der Waals surface area contributed by atoms with Crippen LogP contribution in [0.5, 0.6) is 0 Å². The number of aliphatic hydroxyl groups is 1. The number of hydrogen-bond acceptors (Lipinski definition) is 5. The van der Waals surface area contributed by atoms with Crippen LogP contribution in [0.3, 0.4) is 0 Å². The number of rotatable bonds is 7. The highest BCUT2D eigenvalue weighted by Crippen LogP contribution is 2.31. The van der Waals surface area contributed by atoms with E-state index in [2.05, 4.69) is 49.7 Å². The Bertz CT molecular complexity index is 842. The second-order valence-corrected chi connectivity index (χ2v) is 7.63. The molecule has 27 heavy (non-hydrogen) atoms. The van der Waals surface area contributed by atoms with Crippen molar-refractivity contribution in [1.82, 2.24) is 20.2 Å². The van der Waals surface area contributed by atoms with Crippen LogP contribution in [-0.2, 0) is 6.42 Å². The summed E-state index contributed by atoms with van der Waals surface area (Å²) in [6, 6.07) is 10.8. The molecule has 1 fully saturated rings. The van der Waals surface area contributed by atoms with Crippen LogP contribution in [0.2, 0.25) is 0 Å². The monoisotopic (exact) mass is 365 g/mol. The molecule has 0 saturated heterocycles. The average molecular weight is 365 g/mol. The van der Waals surface area contributed by atoms with Crippen molar-refractivity contribution in [2.45, 2.75) is 57.1 Å². The number of H-pyrrole nitrogens is 1. The zero-order valence-electron chi connectivity index (χ0n) is 15.5. The van der Waals surface area contributed by atoms with E-state index in [1.54, 1.807) is 12.5 Å². The molecule has 1 aliphatic carbocycles. The Morgan fingerprint density at radius 1 is 1.11 bits per heavy atom. The third kappa shape index (κ3) is 4.63. The number of aromatic nitrogens is 4. The minimum atomic E-state index is -0.202. The first-order valence-electron chi connectivity index (χ1n) is 9.90. The van der Waals surface area contributed by atoms with Gasteiger partial charge in [0.1, 0.15) is 12.1 Å². The van der Waals surface area contributed by atoms with Gasteiger partial charge >= 0.3 is 0 Å². The third-order valence-electron chi connectivity index (χ3n) is 5.65. The van der Waals surface area contributed by atoms with Gasteiger partial charge in [0.15, 0.2) is 5.65 Å². The molecule has 142 valence electrons. The summed E-state index contributed by atoms with van der Waals surface area (Å²) in [5, 5.41) is 21.8. The van der Waals surface area contributed by atoms with Gasteiger partial charge in [-0.05, 0) is 56.4 Å². The Balaban J connectivity index is 1.22. The minimum absolute atomic E-state index is 0.202. The highest BCUT2D eigenvalue weighted by Gasteiger charge is 2.24. The van der Waals surface area contributed by atoms with Gasteiger partial charge in [-0.3, -0.25) is 5.10 Å². The van der Waals surface area contributed by atoms with E-state index in [1.807, 2.05) is 6.07 Å². The fourth-order valence-corrected chi connectivity index (χ4v) is 4.10. The molecule has 0 amide bonds. The summed E-state index contributed by atoms with van der Waals surface area (Å²) in [6.07, 6.45) is 10.4. The van der Waals surface area contributed by atoms with Gasteiger partial charge in [0.25, 0.3) is 0 Å². The number of anilines is 1. The zero-order chi connectivity index (χ0) is 18.5. The van der Waals surface area contributed by atoms with E-state index in [9.17, 15) is 5.11 Å². The summed E-state index contributed by atoms with van der Waals surface area (Å²) in [5.74, 6) is 1.48. The van der Waals surface area contributed by atoms with Gasteiger partial charge in [-0.25, -0.2) is 9.97 Å². The predicted molar refractivity (Wildman–Crippen MR) is 106 cm³/mol. The van der Waals surface area contributed by atoms with E-state index < -0.39 is 0 Å². The Labute approximate surface area is 159 Å². The van der Waals surface area contributed by atoms with Crippen LogP contribution >= 0.6 is 0 Å². The SMILES string of the molecule is OC(CCc1ccccc1)C[C@H]1CC[C@H](Nc2ncnc3[nH]ncc23)CC1. The molecule has 1 saturated carbocycles. The lowest BCUT2D eigenvalue weighted by atomic mass is 9.82. The number of fused-ring (bicyclic) bond motifs is 1. The largest absolute Gasteiger partial charge is 0.393 e. The van der Waals surface area contributed by atoms with Crippen LogP contribution < -0.4 is 5.32 Å². The first kappa shape index (κ1) is 17.9. The first-order valence-corrected chi connectivity index (χ1v) is 9.90. The van der Waals surface area contributed by atoms with E-state index in [4.69, 9.17) is 0 Å². The molecule has 4 rings (SSSR count). The lowest BCUT2D eigenvalue weighted by Crippen LogP contribution is -2.28. The fraction of sp³-hybridized carbons (Fsp3) is 0.476. The third-order valence-corrected chi connectivity index (χ3v) is 5.65. The fourth-order valence-electron chi connectivity index (χ4n) is 4.10. The van der Waals surface area contributed by atoms with Gasteiger partial charge in [0.2, 0.25) is 0 Å². The quantitative estimate of drug-likeness (QED) is 0.594. The topological polar surface area (TPSA) is 86.7 Å². The van der Waals surface area contributed by atoms with Gasteiger partial charge < -0.3 is 10.4 Å². The summed E-state index contributed by atoms with van der Waals surface area (Å²) < 4.78 is 0. The maximum atomic E-state index is 10.4. The molecular weight excluding hydrogens is 338 g/mol. The zero-order valence-corrected chi connectivity index (χ0v) is 15.5. The highest BCUT2D eigenvalue weighted by molar-refractivity contribution is 5.85. The number of aliphatic hydroxyl groups excluding tert-OH is 1. The number of nitrogens with zero attached hydrogens (tertiary/aromatic N) is 3. The van der Waals surface area contributed by atoms with Crippen molar-refractivity contribution >= 4 is 16.9 Å². The molecular formula is C21H27N5O. The molecule has 1 unspecified atom stereocenters. The second kappa shape index (κ2) is 8.48. The average Bonchev–Trinajstić information content (AvgIpc) is 3.19. The van der Waals surface area contributed by atoms with Gasteiger partial charge in [-0.2, -0.15) is 5.10 Å². The minimum Gasteiger partial charge on any atom is -0.393 e. The number of hydrogen-bond donors (Lipinski definition) is 3. The van der Waals surface area contributed by atoms with Crippen LogP contribution in [0.4, 0.5) is 5.82 Å². The van der Waals surface area contributed by atoms with Crippen molar-refractivity contribution in [3.63, 3.8) is 0 Å². The molecule has 2 heterocycles. The standard InChI is InChI=1S/C21H27N5O/c27-18(11-8-15-4-2-1-3-5-15)12-16-6-9-17(10-7-16)25-20-19-13-24-26-21(19)23-14-22-20/h1-5,13-14,16-18,27H,6-12H2,(H2,22,23,24,25,26)/t16-,17-,18?. The number of aryl methyl sites for hydroxylation is 1. The van der Waals surface area contributed by atoms with Gasteiger partial charge in [0, 0.05) is 6.04 Å². The van der Waals surface area contributed by atoms with Crippen molar-refractivity contribution in [2.75, 3.05) is 5.32 Å². The normalized spacial score (nSPS) is 21.2. The van der Waals surface area contributed by atoms with Crippen molar-refractivity contribution in [3.05, 3.63) is 48.4 Å². The van der Waals surface area contributed by atoms with Crippen molar-refractivity contribution < 1.29 is 5.11 Å². The molecule has 6 heteroatoms. The molecule has 3 N–H and O–H groups in total. The van der Waals surface area contributed by atoms with Crippen molar-refractivity contribution in [1.29, 1.82) is 0 Å². The van der Waals surface area contributed by atoms with Crippen LogP contribution in [0, 0.1) is 5.92 Å². The molecule has 2 aromatic heterocycles. The Morgan fingerprint density at radius 3 is 2.74 bits per heavy atom. The van der Waals surface area contributed by atoms with Gasteiger partial charge in [0.05, 0.1) is 17.7 Å². The molecule has 1 aromatic carbocycles. The van der Waals surface area contributed by atoms with Crippen LogP contribution in [0.15, 0.2) is 42.9 Å². The lowest BCUT2D eigenvalue weighted by Gasteiger charge is -2.30. The van der Waals surface area contributed by atoms with E-state index in [-0.39, 0.29) is 6.10 Å². The van der Waals surface area contributed by atoms with Crippen LogP contribution in [-0.4, -0.2) is 37.4 Å². The van der Waals surface area contributed by atoms with E-state index >= 15 is 0 Å². The van der Waals surface area contributed by atoms with E-state index in [0.717, 1.165) is 61.8 Å². The molecule has 6 nitrogen and oxygen atoms in total. The number of aromatic amines is 1. The van der Waals surface area contributed by atoms with Crippen LogP contribution in [0.25, 0.3) is 11.0 Å². The lowest BCUT2D eigenvalue weighted by molar-refractivity contribution is 0.121. The molecule has 0 spiro atoms.